The van der Waals surface area contributed by atoms with Crippen LogP contribution in [0.3, 0.4) is 0 Å². The largest absolute Gasteiger partial charge is 0.484 e. The first-order valence-electron chi connectivity index (χ1n) is 7.23. The number of hydrogen-bond acceptors (Lipinski definition) is 3. The monoisotopic (exact) mass is 313 g/mol. The van der Waals surface area contributed by atoms with Gasteiger partial charge in [-0.25, -0.2) is 0 Å². The minimum atomic E-state index is -0.244. The van der Waals surface area contributed by atoms with Crippen molar-refractivity contribution in [3.05, 3.63) is 28.8 Å². The zero-order valence-electron chi connectivity index (χ0n) is 12.9. The van der Waals surface area contributed by atoms with E-state index in [1.807, 2.05) is 20.8 Å². The molecule has 0 aliphatic rings. The Balaban J connectivity index is 2.47. The van der Waals surface area contributed by atoms with Crippen LogP contribution in [0.2, 0.25) is 5.02 Å². The Morgan fingerprint density at radius 3 is 2.57 bits per heavy atom. The normalized spacial score (nSPS) is 11.3. The van der Waals surface area contributed by atoms with Gasteiger partial charge in [-0.2, -0.15) is 0 Å². The summed E-state index contributed by atoms with van der Waals surface area (Å²) in [5.41, 5.74) is 0.647. The van der Waals surface area contributed by atoms with Gasteiger partial charge in [0, 0.05) is 17.0 Å². The summed E-state index contributed by atoms with van der Waals surface area (Å²) in [6.07, 6.45) is 1.63. The summed E-state index contributed by atoms with van der Waals surface area (Å²) in [6.45, 7) is 6.39. The molecule has 1 aromatic rings. The van der Waals surface area contributed by atoms with Crippen LogP contribution >= 0.6 is 11.6 Å². The number of amides is 1. The number of halogens is 1. The second-order valence-corrected chi connectivity index (χ2v) is 5.78. The average Bonchev–Trinajstić information content (AvgIpc) is 2.48. The van der Waals surface area contributed by atoms with Crippen molar-refractivity contribution in [3.8, 4) is 5.75 Å². The Kier molecular flexibility index (Phi) is 6.99. The quantitative estimate of drug-likeness (QED) is 0.776. The van der Waals surface area contributed by atoms with E-state index in [1.165, 1.54) is 0 Å². The molecule has 0 heterocycles. The van der Waals surface area contributed by atoms with E-state index in [4.69, 9.17) is 16.3 Å². The fourth-order valence-electron chi connectivity index (χ4n) is 2.03. The number of carbonyl (C=O) groups is 1. The molecule has 2 N–H and O–H groups in total. The number of rotatable bonds is 8. The molecular weight excluding hydrogens is 290 g/mol. The lowest BCUT2D eigenvalue weighted by molar-refractivity contribution is -0.123. The van der Waals surface area contributed by atoms with Gasteiger partial charge in [0.1, 0.15) is 5.75 Å². The van der Waals surface area contributed by atoms with Crippen LogP contribution in [0.4, 0.5) is 0 Å². The van der Waals surface area contributed by atoms with Gasteiger partial charge >= 0.3 is 0 Å². The van der Waals surface area contributed by atoms with E-state index >= 15 is 0 Å². The molecular formula is C16H24ClNO3. The van der Waals surface area contributed by atoms with E-state index in [9.17, 15) is 9.90 Å². The molecule has 0 unspecified atom stereocenters. The lowest BCUT2D eigenvalue weighted by atomic mass is 9.83. The zero-order valence-corrected chi connectivity index (χ0v) is 13.7. The molecule has 118 valence electrons. The van der Waals surface area contributed by atoms with Crippen LogP contribution in [0.25, 0.3) is 0 Å². The van der Waals surface area contributed by atoms with Crippen LogP contribution in [0.5, 0.6) is 5.75 Å². The van der Waals surface area contributed by atoms with Crippen molar-refractivity contribution in [2.24, 2.45) is 5.41 Å². The Morgan fingerprint density at radius 1 is 1.38 bits per heavy atom. The molecule has 0 aliphatic heterocycles. The Morgan fingerprint density at radius 2 is 2.05 bits per heavy atom. The van der Waals surface area contributed by atoms with E-state index in [-0.39, 0.29) is 24.5 Å². The molecule has 0 spiro atoms. The Hall–Kier alpha value is -1.26. The highest BCUT2D eigenvalue weighted by molar-refractivity contribution is 6.30. The van der Waals surface area contributed by atoms with Crippen LogP contribution in [0.1, 0.15) is 32.3 Å². The standard InChI is InChI=1S/C16H24ClNO3/c1-4-16(5-2,11-19)10-18-15(20)9-21-14-7-6-13(17)8-12(14)3/h6-8,19H,4-5,9-11H2,1-3H3,(H,18,20). The van der Waals surface area contributed by atoms with Crippen LogP contribution in [0, 0.1) is 12.3 Å². The Bertz CT molecular complexity index is 464. The molecule has 0 saturated heterocycles. The topological polar surface area (TPSA) is 58.6 Å². The molecule has 0 fully saturated rings. The van der Waals surface area contributed by atoms with E-state index in [2.05, 4.69) is 5.32 Å². The van der Waals surface area contributed by atoms with Crippen molar-refractivity contribution >= 4 is 17.5 Å². The number of aliphatic hydroxyl groups is 1. The van der Waals surface area contributed by atoms with Crippen molar-refractivity contribution in [1.29, 1.82) is 0 Å². The smallest absolute Gasteiger partial charge is 0.257 e. The maximum Gasteiger partial charge on any atom is 0.257 e. The third-order valence-corrected chi connectivity index (χ3v) is 4.23. The minimum Gasteiger partial charge on any atom is -0.484 e. The molecule has 1 aromatic carbocycles. The molecule has 1 rings (SSSR count). The van der Waals surface area contributed by atoms with E-state index in [0.717, 1.165) is 18.4 Å². The highest BCUT2D eigenvalue weighted by Gasteiger charge is 2.25. The van der Waals surface area contributed by atoms with Gasteiger partial charge in [-0.1, -0.05) is 25.4 Å². The first-order valence-corrected chi connectivity index (χ1v) is 7.60. The number of carbonyl (C=O) groups excluding carboxylic acids is 1. The van der Waals surface area contributed by atoms with Crippen LogP contribution in [-0.2, 0) is 4.79 Å². The van der Waals surface area contributed by atoms with Crippen LogP contribution in [-0.4, -0.2) is 30.8 Å². The van der Waals surface area contributed by atoms with E-state index in [0.29, 0.717) is 17.3 Å². The summed E-state index contributed by atoms with van der Waals surface area (Å²) in [5, 5.41) is 12.9. The van der Waals surface area contributed by atoms with Crippen LogP contribution < -0.4 is 10.1 Å². The maximum absolute atomic E-state index is 11.8. The van der Waals surface area contributed by atoms with Crippen molar-refractivity contribution in [3.63, 3.8) is 0 Å². The average molecular weight is 314 g/mol. The first-order chi connectivity index (χ1) is 9.96. The molecule has 21 heavy (non-hydrogen) atoms. The van der Waals surface area contributed by atoms with Gasteiger partial charge in [0.25, 0.3) is 5.91 Å². The molecule has 5 heteroatoms. The van der Waals surface area contributed by atoms with E-state index in [1.54, 1.807) is 18.2 Å². The molecule has 0 atom stereocenters. The fraction of sp³-hybridized carbons (Fsp3) is 0.562. The van der Waals surface area contributed by atoms with Crippen molar-refractivity contribution in [2.45, 2.75) is 33.6 Å². The molecule has 4 nitrogen and oxygen atoms in total. The second kappa shape index (κ2) is 8.25. The molecule has 0 aromatic heterocycles. The SMILES string of the molecule is CCC(CC)(CO)CNC(=O)COc1ccc(Cl)cc1C. The lowest BCUT2D eigenvalue weighted by Crippen LogP contribution is -2.41. The van der Waals surface area contributed by atoms with Crippen molar-refractivity contribution < 1.29 is 14.6 Å². The van der Waals surface area contributed by atoms with Crippen molar-refractivity contribution in [1.82, 2.24) is 5.32 Å². The third-order valence-electron chi connectivity index (χ3n) is 3.99. The number of ether oxygens (including phenoxy) is 1. The fourth-order valence-corrected chi connectivity index (χ4v) is 2.26. The van der Waals surface area contributed by atoms with Gasteiger partial charge in [0.2, 0.25) is 0 Å². The second-order valence-electron chi connectivity index (χ2n) is 5.34. The highest BCUT2D eigenvalue weighted by atomic mass is 35.5. The number of hydrogen-bond donors (Lipinski definition) is 2. The summed E-state index contributed by atoms with van der Waals surface area (Å²) in [5.74, 6) is 0.457. The minimum absolute atomic E-state index is 0.0442. The van der Waals surface area contributed by atoms with Gasteiger partial charge in [-0.15, -0.1) is 0 Å². The number of aliphatic hydroxyl groups excluding tert-OH is 1. The molecule has 0 aliphatic carbocycles. The summed E-state index contributed by atoms with van der Waals surface area (Å²) in [4.78, 5) is 11.8. The molecule has 0 radical (unpaired) electrons. The van der Waals surface area contributed by atoms with E-state index < -0.39 is 0 Å². The Labute approximate surface area is 131 Å². The molecule has 0 saturated carbocycles. The number of nitrogens with one attached hydrogen (secondary N) is 1. The van der Waals surface area contributed by atoms with Gasteiger partial charge in [-0.3, -0.25) is 4.79 Å². The van der Waals surface area contributed by atoms with Gasteiger partial charge in [0.05, 0.1) is 6.61 Å². The van der Waals surface area contributed by atoms with Gasteiger partial charge in [-0.05, 0) is 43.5 Å². The highest BCUT2D eigenvalue weighted by Crippen LogP contribution is 2.24. The summed E-state index contributed by atoms with van der Waals surface area (Å²) < 4.78 is 5.49. The summed E-state index contributed by atoms with van der Waals surface area (Å²) >= 11 is 5.87. The maximum atomic E-state index is 11.8. The molecule has 1 amide bonds. The first kappa shape index (κ1) is 17.8. The summed E-state index contributed by atoms with van der Waals surface area (Å²) in [7, 11) is 0. The van der Waals surface area contributed by atoms with Gasteiger partial charge in [0.15, 0.2) is 6.61 Å². The lowest BCUT2D eigenvalue weighted by Gasteiger charge is -2.29. The van der Waals surface area contributed by atoms with Crippen molar-refractivity contribution in [2.75, 3.05) is 19.8 Å². The number of aryl methyl sites for hydroxylation is 1. The predicted octanol–water partition coefficient (Wildman–Crippen LogP) is 2.94. The molecule has 0 bridgehead atoms. The zero-order chi connectivity index (χ0) is 15.9. The number of benzene rings is 1. The summed E-state index contributed by atoms with van der Waals surface area (Å²) in [6, 6.07) is 5.27. The third kappa shape index (κ3) is 5.21. The van der Waals surface area contributed by atoms with Gasteiger partial charge < -0.3 is 15.2 Å². The predicted molar refractivity (Wildman–Crippen MR) is 84.8 cm³/mol. The van der Waals surface area contributed by atoms with Crippen LogP contribution in [0.15, 0.2) is 18.2 Å².